The maximum atomic E-state index is 12.0. The summed E-state index contributed by atoms with van der Waals surface area (Å²) >= 11 is 3.19. The molecule has 0 fully saturated rings. The SMILES string of the molecule is CCc1ccc(CNC(=O)C(=O)Nc2ccc(-c3nccs3)cc2)s1. The van der Waals surface area contributed by atoms with Crippen LogP contribution in [0, 0.1) is 0 Å². The van der Waals surface area contributed by atoms with Gasteiger partial charge in [0.2, 0.25) is 0 Å². The lowest BCUT2D eigenvalue weighted by Crippen LogP contribution is -2.34. The first-order valence-electron chi connectivity index (χ1n) is 7.82. The second-order valence-electron chi connectivity index (χ2n) is 5.27. The van der Waals surface area contributed by atoms with Crippen LogP contribution >= 0.6 is 22.7 Å². The number of thiophene rings is 1. The van der Waals surface area contributed by atoms with Gasteiger partial charge in [-0.15, -0.1) is 22.7 Å². The van der Waals surface area contributed by atoms with Gasteiger partial charge in [-0.1, -0.05) is 6.92 Å². The van der Waals surface area contributed by atoms with Gasteiger partial charge in [-0.3, -0.25) is 9.59 Å². The average molecular weight is 371 g/mol. The minimum Gasteiger partial charge on any atom is -0.343 e. The number of hydrogen-bond acceptors (Lipinski definition) is 5. The molecule has 3 aromatic rings. The Hall–Kier alpha value is -2.51. The zero-order valence-electron chi connectivity index (χ0n) is 13.6. The van der Waals surface area contributed by atoms with Crippen LogP contribution in [0.2, 0.25) is 0 Å². The van der Waals surface area contributed by atoms with Crippen LogP contribution < -0.4 is 10.6 Å². The van der Waals surface area contributed by atoms with Crippen LogP contribution in [0.5, 0.6) is 0 Å². The number of aryl methyl sites for hydroxylation is 1. The van der Waals surface area contributed by atoms with Gasteiger partial charge in [-0.05, 0) is 42.8 Å². The monoisotopic (exact) mass is 371 g/mol. The van der Waals surface area contributed by atoms with Crippen molar-refractivity contribution in [3.63, 3.8) is 0 Å². The maximum Gasteiger partial charge on any atom is 0.313 e. The van der Waals surface area contributed by atoms with Crippen LogP contribution in [-0.2, 0) is 22.6 Å². The highest BCUT2D eigenvalue weighted by atomic mass is 32.1. The number of rotatable bonds is 5. The Morgan fingerprint density at radius 3 is 2.44 bits per heavy atom. The number of benzene rings is 1. The molecule has 0 aliphatic carbocycles. The molecule has 2 aromatic heterocycles. The van der Waals surface area contributed by atoms with Gasteiger partial charge in [0.15, 0.2) is 0 Å². The van der Waals surface area contributed by atoms with E-state index in [1.165, 1.54) is 4.88 Å². The van der Waals surface area contributed by atoms with E-state index in [1.807, 2.05) is 29.6 Å². The summed E-state index contributed by atoms with van der Waals surface area (Å²) in [5.41, 5.74) is 1.55. The van der Waals surface area contributed by atoms with E-state index in [4.69, 9.17) is 0 Å². The number of hydrogen-bond donors (Lipinski definition) is 2. The number of thiazole rings is 1. The predicted molar refractivity (Wildman–Crippen MR) is 102 cm³/mol. The lowest BCUT2D eigenvalue weighted by Gasteiger charge is -2.06. The number of amides is 2. The van der Waals surface area contributed by atoms with E-state index in [0.717, 1.165) is 21.9 Å². The average Bonchev–Trinajstić information content (AvgIpc) is 3.32. The fourth-order valence-electron chi connectivity index (χ4n) is 2.21. The molecule has 0 saturated heterocycles. The number of nitrogens with zero attached hydrogens (tertiary/aromatic N) is 1. The van der Waals surface area contributed by atoms with Crippen LogP contribution in [0.25, 0.3) is 10.6 Å². The number of anilines is 1. The summed E-state index contributed by atoms with van der Waals surface area (Å²) in [6.07, 6.45) is 2.72. The van der Waals surface area contributed by atoms with Crippen molar-refractivity contribution in [1.82, 2.24) is 10.3 Å². The first kappa shape index (κ1) is 17.3. The molecule has 5 nitrogen and oxygen atoms in total. The third kappa shape index (κ3) is 4.52. The highest BCUT2D eigenvalue weighted by Gasteiger charge is 2.14. The first-order chi connectivity index (χ1) is 12.2. The largest absolute Gasteiger partial charge is 0.343 e. The molecule has 0 aliphatic heterocycles. The molecule has 2 N–H and O–H groups in total. The first-order valence-corrected chi connectivity index (χ1v) is 9.52. The van der Waals surface area contributed by atoms with Gasteiger partial charge in [-0.2, -0.15) is 0 Å². The van der Waals surface area contributed by atoms with Gasteiger partial charge >= 0.3 is 11.8 Å². The summed E-state index contributed by atoms with van der Waals surface area (Å²) in [5.74, 6) is -1.32. The minimum absolute atomic E-state index is 0.361. The Morgan fingerprint density at radius 2 is 1.80 bits per heavy atom. The molecule has 128 valence electrons. The number of carbonyl (C=O) groups is 2. The molecule has 0 unspecified atom stereocenters. The van der Waals surface area contributed by atoms with Gasteiger partial charge in [-0.25, -0.2) is 4.98 Å². The van der Waals surface area contributed by atoms with Crippen molar-refractivity contribution in [3.05, 3.63) is 57.7 Å². The smallest absolute Gasteiger partial charge is 0.313 e. The summed E-state index contributed by atoms with van der Waals surface area (Å²) in [6, 6.07) is 11.3. The molecule has 1 aromatic carbocycles. The lowest BCUT2D eigenvalue weighted by atomic mass is 10.2. The van der Waals surface area contributed by atoms with Crippen molar-refractivity contribution >= 4 is 40.2 Å². The molecule has 0 spiro atoms. The molecular weight excluding hydrogens is 354 g/mol. The maximum absolute atomic E-state index is 12.0. The van der Waals surface area contributed by atoms with E-state index in [-0.39, 0.29) is 0 Å². The van der Waals surface area contributed by atoms with Gasteiger partial charge < -0.3 is 10.6 Å². The number of aromatic nitrogens is 1. The number of carbonyl (C=O) groups excluding carboxylic acids is 2. The molecule has 3 rings (SSSR count). The van der Waals surface area contributed by atoms with E-state index in [2.05, 4.69) is 22.5 Å². The number of nitrogens with one attached hydrogen (secondary N) is 2. The van der Waals surface area contributed by atoms with Crippen LogP contribution in [0.4, 0.5) is 5.69 Å². The Labute approximate surface area is 153 Å². The van der Waals surface area contributed by atoms with Gasteiger partial charge in [0.25, 0.3) is 0 Å². The molecule has 0 aliphatic rings. The van der Waals surface area contributed by atoms with Crippen molar-refractivity contribution in [2.45, 2.75) is 19.9 Å². The van der Waals surface area contributed by atoms with Crippen molar-refractivity contribution < 1.29 is 9.59 Å². The van der Waals surface area contributed by atoms with Crippen molar-refractivity contribution in [3.8, 4) is 10.6 Å². The fraction of sp³-hybridized carbons (Fsp3) is 0.167. The quantitative estimate of drug-likeness (QED) is 0.672. The van der Waals surface area contributed by atoms with E-state index >= 15 is 0 Å². The normalized spacial score (nSPS) is 10.4. The third-order valence-corrected chi connectivity index (χ3v) is 5.57. The van der Waals surface area contributed by atoms with E-state index in [1.54, 1.807) is 41.0 Å². The van der Waals surface area contributed by atoms with Gasteiger partial charge in [0, 0.05) is 32.6 Å². The molecular formula is C18H17N3O2S2. The molecule has 7 heteroatoms. The highest BCUT2D eigenvalue weighted by molar-refractivity contribution is 7.13. The van der Waals surface area contributed by atoms with E-state index in [9.17, 15) is 9.59 Å². The standard InChI is InChI=1S/C18H17N3O2S2/c1-2-14-7-8-15(25-14)11-20-16(22)17(23)21-13-5-3-12(4-6-13)18-19-9-10-24-18/h3-10H,2,11H2,1H3,(H,20,22)(H,21,23). The van der Waals surface area contributed by atoms with E-state index < -0.39 is 11.8 Å². The molecule has 2 heterocycles. The Kier molecular flexibility index (Phi) is 5.57. The summed E-state index contributed by atoms with van der Waals surface area (Å²) in [7, 11) is 0. The van der Waals surface area contributed by atoms with E-state index in [0.29, 0.717) is 12.2 Å². The molecule has 0 saturated carbocycles. The van der Waals surface area contributed by atoms with Crippen molar-refractivity contribution in [2.24, 2.45) is 0 Å². The summed E-state index contributed by atoms with van der Waals surface area (Å²) in [4.78, 5) is 30.4. The minimum atomic E-state index is -0.672. The Balaban J connectivity index is 1.53. The summed E-state index contributed by atoms with van der Waals surface area (Å²) < 4.78 is 0. The molecule has 0 bridgehead atoms. The molecule has 0 radical (unpaired) electrons. The summed E-state index contributed by atoms with van der Waals surface area (Å²) in [5, 5.41) is 8.07. The molecule has 25 heavy (non-hydrogen) atoms. The fourth-order valence-corrected chi connectivity index (χ4v) is 3.75. The molecule has 2 amide bonds. The zero-order chi connectivity index (χ0) is 17.6. The lowest BCUT2D eigenvalue weighted by molar-refractivity contribution is -0.136. The highest BCUT2D eigenvalue weighted by Crippen LogP contribution is 2.23. The molecule has 0 atom stereocenters. The van der Waals surface area contributed by atoms with Crippen LogP contribution in [0.1, 0.15) is 16.7 Å². The van der Waals surface area contributed by atoms with Crippen LogP contribution in [-0.4, -0.2) is 16.8 Å². The predicted octanol–water partition coefficient (Wildman–Crippen LogP) is 3.69. The summed E-state index contributed by atoms with van der Waals surface area (Å²) in [6.45, 7) is 2.45. The topological polar surface area (TPSA) is 71.1 Å². The zero-order valence-corrected chi connectivity index (χ0v) is 15.2. The third-order valence-electron chi connectivity index (χ3n) is 3.52. The second-order valence-corrected chi connectivity index (χ2v) is 7.42. The Morgan fingerprint density at radius 1 is 1.04 bits per heavy atom. The van der Waals surface area contributed by atoms with Crippen LogP contribution in [0.15, 0.2) is 48.0 Å². The van der Waals surface area contributed by atoms with Gasteiger partial charge in [0.1, 0.15) is 5.01 Å². The van der Waals surface area contributed by atoms with Crippen molar-refractivity contribution in [2.75, 3.05) is 5.32 Å². The van der Waals surface area contributed by atoms with Crippen LogP contribution in [0.3, 0.4) is 0 Å². The second kappa shape index (κ2) is 8.04. The van der Waals surface area contributed by atoms with Gasteiger partial charge in [0.05, 0.1) is 6.54 Å². The Bertz CT molecular complexity index is 855. The van der Waals surface area contributed by atoms with Crippen molar-refractivity contribution in [1.29, 1.82) is 0 Å².